The summed E-state index contributed by atoms with van der Waals surface area (Å²) in [6.07, 6.45) is 2.80. The van der Waals surface area contributed by atoms with Gasteiger partial charge in [-0.15, -0.1) is 0 Å². The lowest BCUT2D eigenvalue weighted by Crippen LogP contribution is -2.41. The Morgan fingerprint density at radius 2 is 1.97 bits per heavy atom. The molecule has 7 nitrogen and oxygen atoms in total. The summed E-state index contributed by atoms with van der Waals surface area (Å²) in [6.45, 7) is 2.34. The molecule has 10 heteroatoms. The summed E-state index contributed by atoms with van der Waals surface area (Å²) in [5, 5.41) is 0.656. The summed E-state index contributed by atoms with van der Waals surface area (Å²) in [6, 6.07) is 7.43. The lowest BCUT2D eigenvalue weighted by Gasteiger charge is -2.28. The van der Waals surface area contributed by atoms with Gasteiger partial charge in [-0.05, 0) is 30.5 Å². The normalized spacial score (nSPS) is 17.5. The van der Waals surface area contributed by atoms with Crippen molar-refractivity contribution >= 4 is 44.8 Å². The molecular formula is C21H27ClN4O3S2. The molecule has 0 bridgehead atoms. The van der Waals surface area contributed by atoms with Crippen LogP contribution in [0.25, 0.3) is 0 Å². The number of hydrogen-bond acceptors (Lipinski definition) is 7. The average molecular weight is 483 g/mol. The molecule has 1 atom stereocenters. The number of halogens is 1. The fraction of sp³-hybridized carbons (Fsp3) is 0.476. The van der Waals surface area contributed by atoms with E-state index in [4.69, 9.17) is 11.6 Å². The standard InChI is InChI=1S/C21H27ClN4O3S2/c1-4-10-30-21-23-12-18(22)19(24-21)20(27)26(17-9-11-31(28,29)14-17)13-15-5-7-16(8-6-15)25(2)3/h5-8,12,17H,4,9-11,13-14H2,1-3H3/t17-/m0/s1. The van der Waals surface area contributed by atoms with E-state index >= 15 is 0 Å². The fourth-order valence-electron chi connectivity index (χ4n) is 3.38. The molecule has 0 N–H and O–H groups in total. The largest absolute Gasteiger partial charge is 0.378 e. The van der Waals surface area contributed by atoms with Crippen LogP contribution < -0.4 is 4.90 Å². The molecule has 1 aromatic heterocycles. The van der Waals surface area contributed by atoms with Crippen molar-refractivity contribution in [3.05, 3.63) is 46.7 Å². The van der Waals surface area contributed by atoms with Gasteiger partial charge < -0.3 is 9.80 Å². The van der Waals surface area contributed by atoms with Gasteiger partial charge in [-0.3, -0.25) is 4.79 Å². The molecule has 0 spiro atoms. The maximum absolute atomic E-state index is 13.5. The van der Waals surface area contributed by atoms with Crippen molar-refractivity contribution in [1.82, 2.24) is 14.9 Å². The molecule has 1 fully saturated rings. The molecular weight excluding hydrogens is 456 g/mol. The topological polar surface area (TPSA) is 83.5 Å². The van der Waals surface area contributed by atoms with Crippen molar-refractivity contribution in [2.75, 3.05) is 36.3 Å². The smallest absolute Gasteiger partial charge is 0.274 e. The summed E-state index contributed by atoms with van der Waals surface area (Å²) in [4.78, 5) is 25.7. The lowest BCUT2D eigenvalue weighted by atomic mass is 10.1. The number of amides is 1. The Kier molecular flexibility index (Phi) is 7.82. The molecule has 0 aliphatic carbocycles. The first kappa shape index (κ1) is 23.8. The predicted molar refractivity (Wildman–Crippen MR) is 126 cm³/mol. The quantitative estimate of drug-likeness (QED) is 0.420. The molecule has 3 rings (SSSR count). The van der Waals surface area contributed by atoms with E-state index in [1.54, 1.807) is 4.90 Å². The van der Waals surface area contributed by atoms with Crippen LogP contribution in [0, 0.1) is 0 Å². The Morgan fingerprint density at radius 1 is 1.26 bits per heavy atom. The van der Waals surface area contributed by atoms with E-state index in [2.05, 4.69) is 16.9 Å². The minimum atomic E-state index is -3.17. The van der Waals surface area contributed by atoms with Gasteiger partial charge in [0.05, 0.1) is 22.7 Å². The van der Waals surface area contributed by atoms with Crippen molar-refractivity contribution in [1.29, 1.82) is 0 Å². The van der Waals surface area contributed by atoms with Gasteiger partial charge in [0.15, 0.2) is 20.7 Å². The van der Waals surface area contributed by atoms with Gasteiger partial charge in [-0.1, -0.05) is 42.4 Å². The van der Waals surface area contributed by atoms with E-state index in [0.29, 0.717) is 11.6 Å². The van der Waals surface area contributed by atoms with Crippen molar-refractivity contribution in [3.8, 4) is 0 Å². The molecule has 1 saturated heterocycles. The van der Waals surface area contributed by atoms with E-state index in [1.807, 2.05) is 43.3 Å². The highest BCUT2D eigenvalue weighted by Gasteiger charge is 2.36. The van der Waals surface area contributed by atoms with Crippen LogP contribution >= 0.6 is 23.4 Å². The van der Waals surface area contributed by atoms with Crippen LogP contribution in [-0.4, -0.2) is 66.6 Å². The first-order chi connectivity index (χ1) is 14.7. The molecule has 31 heavy (non-hydrogen) atoms. The molecule has 1 aliphatic heterocycles. The van der Waals surface area contributed by atoms with E-state index in [9.17, 15) is 13.2 Å². The van der Waals surface area contributed by atoms with Crippen LogP contribution in [0.4, 0.5) is 5.69 Å². The van der Waals surface area contributed by atoms with Gasteiger partial charge in [0.25, 0.3) is 5.91 Å². The highest BCUT2D eigenvalue weighted by molar-refractivity contribution is 7.99. The number of anilines is 1. The van der Waals surface area contributed by atoms with Crippen LogP contribution in [0.3, 0.4) is 0 Å². The van der Waals surface area contributed by atoms with Crippen molar-refractivity contribution in [3.63, 3.8) is 0 Å². The van der Waals surface area contributed by atoms with Gasteiger partial charge >= 0.3 is 0 Å². The highest BCUT2D eigenvalue weighted by atomic mass is 35.5. The summed E-state index contributed by atoms with van der Waals surface area (Å²) in [5.74, 6) is 0.493. The zero-order valence-corrected chi connectivity index (χ0v) is 20.3. The number of sulfone groups is 1. The zero-order valence-electron chi connectivity index (χ0n) is 17.9. The van der Waals surface area contributed by atoms with E-state index in [1.165, 1.54) is 18.0 Å². The van der Waals surface area contributed by atoms with Gasteiger partial charge in [-0.2, -0.15) is 0 Å². The van der Waals surface area contributed by atoms with Crippen LogP contribution in [0.15, 0.2) is 35.6 Å². The van der Waals surface area contributed by atoms with Crippen LogP contribution in [0.5, 0.6) is 0 Å². The van der Waals surface area contributed by atoms with E-state index in [0.717, 1.165) is 23.4 Å². The maximum atomic E-state index is 13.5. The van der Waals surface area contributed by atoms with Crippen LogP contribution in [-0.2, 0) is 16.4 Å². The number of benzene rings is 1. The molecule has 0 radical (unpaired) electrons. The fourth-order valence-corrected chi connectivity index (χ4v) is 5.96. The Labute approximate surface area is 193 Å². The molecule has 1 aromatic carbocycles. The maximum Gasteiger partial charge on any atom is 0.274 e. The van der Waals surface area contributed by atoms with Crippen molar-refractivity contribution in [2.45, 2.75) is 37.5 Å². The highest BCUT2D eigenvalue weighted by Crippen LogP contribution is 2.26. The Balaban J connectivity index is 1.91. The number of nitrogens with zero attached hydrogens (tertiary/aromatic N) is 4. The Hall–Kier alpha value is -1.84. The second-order valence-electron chi connectivity index (χ2n) is 7.75. The number of rotatable bonds is 8. The number of hydrogen-bond donors (Lipinski definition) is 0. The minimum Gasteiger partial charge on any atom is -0.378 e. The minimum absolute atomic E-state index is 0.0470. The molecule has 168 valence electrons. The van der Waals surface area contributed by atoms with Gasteiger partial charge in [0, 0.05) is 38.1 Å². The summed E-state index contributed by atoms with van der Waals surface area (Å²) in [5.41, 5.74) is 2.07. The van der Waals surface area contributed by atoms with E-state index < -0.39 is 15.9 Å². The first-order valence-corrected chi connectivity index (χ1v) is 13.3. The number of aromatic nitrogens is 2. The number of carbonyl (C=O) groups is 1. The molecule has 1 aliphatic rings. The Morgan fingerprint density at radius 3 is 2.55 bits per heavy atom. The molecule has 1 amide bonds. The van der Waals surface area contributed by atoms with E-state index in [-0.39, 0.29) is 34.7 Å². The number of thioether (sulfide) groups is 1. The zero-order chi connectivity index (χ0) is 22.6. The Bertz CT molecular complexity index is 1030. The van der Waals surface area contributed by atoms with Gasteiger partial charge in [0.2, 0.25) is 0 Å². The average Bonchev–Trinajstić information content (AvgIpc) is 3.10. The second kappa shape index (κ2) is 10.2. The lowest BCUT2D eigenvalue weighted by molar-refractivity contribution is 0.0674. The summed E-state index contributed by atoms with van der Waals surface area (Å²) < 4.78 is 24.2. The number of carbonyl (C=O) groups excluding carboxylic acids is 1. The monoisotopic (exact) mass is 482 g/mol. The third-order valence-electron chi connectivity index (χ3n) is 5.08. The predicted octanol–water partition coefficient (Wildman–Crippen LogP) is 3.53. The first-order valence-electron chi connectivity index (χ1n) is 10.1. The third-order valence-corrected chi connectivity index (χ3v) is 8.17. The second-order valence-corrected chi connectivity index (χ2v) is 11.4. The molecule has 2 heterocycles. The van der Waals surface area contributed by atoms with Crippen LogP contribution in [0.2, 0.25) is 5.02 Å². The molecule has 0 saturated carbocycles. The van der Waals surface area contributed by atoms with Crippen LogP contribution in [0.1, 0.15) is 35.8 Å². The van der Waals surface area contributed by atoms with Gasteiger partial charge in [-0.25, -0.2) is 18.4 Å². The van der Waals surface area contributed by atoms with Crippen molar-refractivity contribution < 1.29 is 13.2 Å². The third kappa shape index (κ3) is 6.11. The molecule has 2 aromatic rings. The SMILES string of the molecule is CCCSc1ncc(Cl)c(C(=O)N(Cc2ccc(N(C)C)cc2)[C@H]2CCS(=O)(=O)C2)n1. The summed E-state index contributed by atoms with van der Waals surface area (Å²) >= 11 is 7.75. The molecule has 0 unspecified atom stereocenters. The summed E-state index contributed by atoms with van der Waals surface area (Å²) in [7, 11) is 0.748. The van der Waals surface area contributed by atoms with Gasteiger partial charge in [0.1, 0.15) is 0 Å². The van der Waals surface area contributed by atoms with Crippen molar-refractivity contribution in [2.24, 2.45) is 0 Å².